The van der Waals surface area contributed by atoms with Crippen LogP contribution in [0.5, 0.6) is 0 Å². The Kier molecular flexibility index (Phi) is 3.66. The molecule has 1 aromatic rings. The zero-order valence-corrected chi connectivity index (χ0v) is 11.4. The molecule has 17 heavy (non-hydrogen) atoms. The lowest BCUT2D eigenvalue weighted by atomic mass is 10.0. The van der Waals surface area contributed by atoms with E-state index < -0.39 is 0 Å². The van der Waals surface area contributed by atoms with Crippen LogP contribution < -0.4 is 5.32 Å². The van der Waals surface area contributed by atoms with Gasteiger partial charge in [-0.2, -0.15) is 0 Å². The summed E-state index contributed by atoms with van der Waals surface area (Å²) in [4.78, 5) is 8.02. The van der Waals surface area contributed by atoms with Gasteiger partial charge in [-0.15, -0.1) is 11.3 Å². The van der Waals surface area contributed by atoms with Crippen molar-refractivity contribution in [2.24, 2.45) is 0 Å². The third kappa shape index (κ3) is 2.65. The second kappa shape index (κ2) is 5.22. The van der Waals surface area contributed by atoms with E-state index in [1.54, 1.807) is 11.3 Å². The Morgan fingerprint density at radius 3 is 3.12 bits per heavy atom. The van der Waals surface area contributed by atoms with E-state index in [4.69, 9.17) is 11.6 Å². The van der Waals surface area contributed by atoms with E-state index in [1.165, 1.54) is 43.6 Å². The number of hydrogen-bond donors (Lipinski definition) is 1. The first-order valence-corrected chi connectivity index (χ1v) is 7.60. The molecule has 5 heteroatoms. The first-order chi connectivity index (χ1) is 8.33. The molecule has 3 heterocycles. The predicted octanol–water partition coefficient (Wildman–Crippen LogP) is 2.51. The fraction of sp³-hybridized carbons (Fsp3) is 0.750. The fourth-order valence-electron chi connectivity index (χ4n) is 3.10. The van der Waals surface area contributed by atoms with Crippen LogP contribution in [-0.2, 0) is 6.54 Å². The standard InChI is InChI=1S/C12H18ClN3S/c13-12-15-7-9(17-12)8-16-6-2-4-11(16)10-3-1-5-14-10/h7,10-11,14H,1-6,8H2. The number of rotatable bonds is 3. The zero-order valence-electron chi connectivity index (χ0n) is 9.86. The van der Waals surface area contributed by atoms with Crippen LogP contribution in [0.25, 0.3) is 0 Å². The van der Waals surface area contributed by atoms with Crippen molar-refractivity contribution in [2.75, 3.05) is 13.1 Å². The number of nitrogens with zero attached hydrogens (tertiary/aromatic N) is 2. The van der Waals surface area contributed by atoms with E-state index in [0.717, 1.165) is 12.6 Å². The Morgan fingerprint density at radius 2 is 2.41 bits per heavy atom. The van der Waals surface area contributed by atoms with E-state index >= 15 is 0 Å². The minimum Gasteiger partial charge on any atom is -0.312 e. The molecule has 3 nitrogen and oxygen atoms in total. The van der Waals surface area contributed by atoms with Gasteiger partial charge in [-0.05, 0) is 38.8 Å². The number of halogens is 1. The van der Waals surface area contributed by atoms with E-state index in [2.05, 4.69) is 15.2 Å². The lowest BCUT2D eigenvalue weighted by Gasteiger charge is -2.28. The highest BCUT2D eigenvalue weighted by Crippen LogP contribution is 2.28. The van der Waals surface area contributed by atoms with Gasteiger partial charge in [0, 0.05) is 29.7 Å². The Labute approximate surface area is 111 Å². The summed E-state index contributed by atoms with van der Waals surface area (Å²) in [5, 5.41) is 3.64. The van der Waals surface area contributed by atoms with Crippen molar-refractivity contribution in [2.45, 2.75) is 44.3 Å². The minimum absolute atomic E-state index is 0.662. The molecule has 0 aromatic carbocycles. The number of thiazole rings is 1. The molecule has 94 valence electrons. The molecule has 0 aliphatic carbocycles. The van der Waals surface area contributed by atoms with Crippen LogP contribution in [0.4, 0.5) is 0 Å². The van der Waals surface area contributed by atoms with Crippen molar-refractivity contribution in [1.29, 1.82) is 0 Å². The summed E-state index contributed by atoms with van der Waals surface area (Å²) in [6, 6.07) is 1.43. The summed E-state index contributed by atoms with van der Waals surface area (Å²) in [5.74, 6) is 0. The van der Waals surface area contributed by atoms with Crippen LogP contribution in [-0.4, -0.2) is 35.1 Å². The lowest BCUT2D eigenvalue weighted by molar-refractivity contribution is 0.208. The van der Waals surface area contributed by atoms with Crippen molar-refractivity contribution in [3.8, 4) is 0 Å². The monoisotopic (exact) mass is 271 g/mol. The van der Waals surface area contributed by atoms with Crippen molar-refractivity contribution in [3.05, 3.63) is 15.5 Å². The average molecular weight is 272 g/mol. The molecule has 0 spiro atoms. The average Bonchev–Trinajstić information content (AvgIpc) is 3.00. The van der Waals surface area contributed by atoms with E-state index in [0.29, 0.717) is 10.5 Å². The lowest BCUT2D eigenvalue weighted by Crippen LogP contribution is -2.43. The minimum atomic E-state index is 0.662. The largest absolute Gasteiger partial charge is 0.312 e. The summed E-state index contributed by atoms with van der Waals surface area (Å²) in [6.07, 6.45) is 7.26. The Morgan fingerprint density at radius 1 is 1.47 bits per heavy atom. The number of likely N-dealkylation sites (tertiary alicyclic amines) is 1. The van der Waals surface area contributed by atoms with Gasteiger partial charge in [0.1, 0.15) is 0 Å². The second-order valence-electron chi connectivity index (χ2n) is 4.96. The molecular weight excluding hydrogens is 254 g/mol. The fourth-order valence-corrected chi connectivity index (χ4v) is 4.10. The van der Waals surface area contributed by atoms with E-state index in [9.17, 15) is 0 Å². The SMILES string of the molecule is Clc1ncc(CN2CCCC2C2CCCN2)s1. The van der Waals surface area contributed by atoms with Gasteiger partial charge in [0.15, 0.2) is 4.47 Å². The maximum Gasteiger partial charge on any atom is 0.183 e. The molecular formula is C12H18ClN3S. The topological polar surface area (TPSA) is 28.2 Å². The third-order valence-corrected chi connectivity index (χ3v) is 4.96. The maximum absolute atomic E-state index is 5.89. The van der Waals surface area contributed by atoms with Gasteiger partial charge < -0.3 is 5.32 Å². The van der Waals surface area contributed by atoms with Crippen LogP contribution >= 0.6 is 22.9 Å². The van der Waals surface area contributed by atoms with Crippen molar-refractivity contribution < 1.29 is 0 Å². The Hall–Kier alpha value is -0.160. The molecule has 2 aliphatic rings. The quantitative estimate of drug-likeness (QED) is 0.916. The molecule has 0 bridgehead atoms. The summed E-state index contributed by atoms with van der Waals surface area (Å²) >= 11 is 7.50. The predicted molar refractivity (Wildman–Crippen MR) is 71.6 cm³/mol. The van der Waals surface area contributed by atoms with Gasteiger partial charge in [-0.25, -0.2) is 4.98 Å². The molecule has 1 aromatic heterocycles. The Bertz CT molecular complexity index is 376. The maximum atomic E-state index is 5.89. The highest BCUT2D eigenvalue weighted by molar-refractivity contribution is 7.15. The summed E-state index contributed by atoms with van der Waals surface area (Å²) in [6.45, 7) is 3.44. The number of nitrogens with one attached hydrogen (secondary N) is 1. The van der Waals surface area contributed by atoms with Gasteiger partial charge in [0.25, 0.3) is 0 Å². The number of hydrogen-bond acceptors (Lipinski definition) is 4. The molecule has 2 fully saturated rings. The Balaban J connectivity index is 1.65. The van der Waals surface area contributed by atoms with Crippen LogP contribution in [0.15, 0.2) is 6.20 Å². The zero-order chi connectivity index (χ0) is 11.7. The van der Waals surface area contributed by atoms with Crippen LogP contribution in [0, 0.1) is 0 Å². The summed E-state index contributed by atoms with van der Waals surface area (Å²) < 4.78 is 0.662. The molecule has 2 saturated heterocycles. The molecule has 2 atom stereocenters. The van der Waals surface area contributed by atoms with Crippen molar-refractivity contribution in [1.82, 2.24) is 15.2 Å². The van der Waals surface area contributed by atoms with Crippen molar-refractivity contribution >= 4 is 22.9 Å². The van der Waals surface area contributed by atoms with Crippen LogP contribution in [0.1, 0.15) is 30.6 Å². The molecule has 2 unspecified atom stereocenters. The first-order valence-electron chi connectivity index (χ1n) is 6.40. The van der Waals surface area contributed by atoms with Gasteiger partial charge in [0.2, 0.25) is 0 Å². The highest BCUT2D eigenvalue weighted by Gasteiger charge is 2.33. The second-order valence-corrected chi connectivity index (χ2v) is 6.66. The van der Waals surface area contributed by atoms with Crippen LogP contribution in [0.2, 0.25) is 4.47 Å². The normalized spacial score (nSPS) is 30.2. The van der Waals surface area contributed by atoms with E-state index in [-0.39, 0.29) is 0 Å². The van der Waals surface area contributed by atoms with Crippen LogP contribution in [0.3, 0.4) is 0 Å². The first kappa shape index (κ1) is 11.9. The molecule has 0 amide bonds. The molecule has 0 radical (unpaired) electrons. The summed E-state index contributed by atoms with van der Waals surface area (Å²) in [5.41, 5.74) is 0. The van der Waals surface area contributed by atoms with Gasteiger partial charge in [0.05, 0.1) is 0 Å². The highest BCUT2D eigenvalue weighted by atomic mass is 35.5. The van der Waals surface area contributed by atoms with Gasteiger partial charge in [-0.1, -0.05) is 11.6 Å². The summed E-state index contributed by atoms with van der Waals surface area (Å²) in [7, 11) is 0. The smallest absolute Gasteiger partial charge is 0.183 e. The molecule has 0 saturated carbocycles. The van der Waals surface area contributed by atoms with Crippen molar-refractivity contribution in [3.63, 3.8) is 0 Å². The molecule has 2 aliphatic heterocycles. The van der Waals surface area contributed by atoms with E-state index in [1.807, 2.05) is 6.20 Å². The number of aromatic nitrogens is 1. The molecule has 3 rings (SSSR count). The van der Waals surface area contributed by atoms with Gasteiger partial charge in [-0.3, -0.25) is 4.90 Å². The molecule has 1 N–H and O–H groups in total. The third-order valence-electron chi connectivity index (χ3n) is 3.86. The van der Waals surface area contributed by atoms with Gasteiger partial charge >= 0.3 is 0 Å².